The van der Waals surface area contributed by atoms with Crippen LogP contribution in [0.25, 0.3) is 11.1 Å². The van der Waals surface area contributed by atoms with Gasteiger partial charge in [0.05, 0.1) is 27.9 Å². The number of hydrogen-bond donors (Lipinski definition) is 1. The van der Waals surface area contributed by atoms with Crippen LogP contribution in [0.1, 0.15) is 48.8 Å². The van der Waals surface area contributed by atoms with E-state index >= 15 is 0 Å². The molecule has 167 valence electrons. The summed E-state index contributed by atoms with van der Waals surface area (Å²) in [4.78, 5) is 12.8. The lowest BCUT2D eigenvalue weighted by Gasteiger charge is -2.28. The number of carbonyl (C=O) groups excluding carboxylic acids is 1. The third-order valence-corrected chi connectivity index (χ3v) is 6.78. The predicted molar refractivity (Wildman–Crippen MR) is 125 cm³/mol. The summed E-state index contributed by atoms with van der Waals surface area (Å²) < 4.78 is 11.6. The number of ether oxygens (including phenoxy) is 2. The zero-order valence-corrected chi connectivity index (χ0v) is 19.9. The largest absolute Gasteiger partial charge is 0.488 e. The van der Waals surface area contributed by atoms with Gasteiger partial charge in [-0.2, -0.15) is 10.5 Å². The number of benzene rings is 2. The van der Waals surface area contributed by atoms with Crippen molar-refractivity contribution in [1.29, 1.82) is 10.5 Å². The van der Waals surface area contributed by atoms with Gasteiger partial charge < -0.3 is 14.8 Å². The Morgan fingerprint density at radius 3 is 2.79 bits per heavy atom. The number of amides is 1. The summed E-state index contributed by atoms with van der Waals surface area (Å²) in [6.45, 7) is 0.886. The first-order valence-corrected chi connectivity index (χ1v) is 11.9. The van der Waals surface area contributed by atoms with Crippen molar-refractivity contribution in [1.82, 2.24) is 5.32 Å². The molecule has 3 radical (unpaired) electrons. The fourth-order valence-electron chi connectivity index (χ4n) is 4.25. The van der Waals surface area contributed by atoms with Gasteiger partial charge in [0.2, 0.25) is 5.91 Å². The first-order valence-electron chi connectivity index (χ1n) is 11.0. The van der Waals surface area contributed by atoms with Gasteiger partial charge in [-0.15, -0.1) is 0 Å². The quantitative estimate of drug-likeness (QED) is 0.668. The minimum atomic E-state index is -1.34. The molecule has 1 N–H and O–H groups in total. The van der Waals surface area contributed by atoms with Crippen molar-refractivity contribution in [3.63, 3.8) is 0 Å². The second-order valence-corrected chi connectivity index (χ2v) is 9.72. The van der Waals surface area contributed by atoms with E-state index in [0.29, 0.717) is 41.5 Å². The molecule has 0 saturated carbocycles. The van der Waals surface area contributed by atoms with E-state index in [-0.39, 0.29) is 12.3 Å². The molecule has 8 heteroatoms. The van der Waals surface area contributed by atoms with Crippen LogP contribution < -0.4 is 10.1 Å². The van der Waals surface area contributed by atoms with E-state index in [0.717, 1.165) is 42.4 Å². The molecular weight excluding hydrogens is 454 g/mol. The maximum absolute atomic E-state index is 12.8. The number of nitriles is 2. The molecule has 1 unspecified atom stereocenters. The topological polar surface area (TPSA) is 95.1 Å². The van der Waals surface area contributed by atoms with E-state index in [1.54, 1.807) is 12.1 Å². The second-order valence-electron chi connectivity index (χ2n) is 8.46. The lowest BCUT2D eigenvalue weighted by molar-refractivity contribution is -0.134. The highest BCUT2D eigenvalue weighted by molar-refractivity contribution is 6.32. The first-order chi connectivity index (χ1) is 15.9. The van der Waals surface area contributed by atoms with E-state index in [9.17, 15) is 10.1 Å². The minimum Gasteiger partial charge on any atom is -0.488 e. The molecule has 0 aromatic heterocycles. The van der Waals surface area contributed by atoms with Crippen molar-refractivity contribution in [2.24, 2.45) is 0 Å². The van der Waals surface area contributed by atoms with E-state index in [1.165, 1.54) is 0 Å². The Balaban J connectivity index is 1.54. The highest BCUT2D eigenvalue weighted by Gasteiger charge is 2.32. The summed E-state index contributed by atoms with van der Waals surface area (Å²) in [5, 5.41) is 20.9. The number of carbonyl (C=O) groups is 1. The lowest BCUT2D eigenvalue weighted by atomic mass is 9.93. The molecule has 6 nitrogen and oxygen atoms in total. The van der Waals surface area contributed by atoms with Crippen molar-refractivity contribution >= 4 is 27.8 Å². The smallest absolute Gasteiger partial charge is 0.250 e. The second kappa shape index (κ2) is 9.97. The van der Waals surface area contributed by atoms with Gasteiger partial charge >= 0.3 is 0 Å². The number of fused-ring (bicyclic) bond motifs is 3. The molecule has 1 amide bonds. The Morgan fingerprint density at radius 2 is 2.00 bits per heavy atom. The van der Waals surface area contributed by atoms with Crippen molar-refractivity contribution in [2.45, 2.75) is 56.4 Å². The maximum Gasteiger partial charge on any atom is 0.250 e. The van der Waals surface area contributed by atoms with Crippen LogP contribution >= 0.6 is 11.6 Å². The van der Waals surface area contributed by atoms with Crippen molar-refractivity contribution < 1.29 is 14.3 Å². The summed E-state index contributed by atoms with van der Waals surface area (Å²) in [6, 6.07) is 13.4. The average Bonchev–Trinajstić information content (AvgIpc) is 2.79. The van der Waals surface area contributed by atoms with Crippen LogP contribution in [0, 0.1) is 22.7 Å². The Morgan fingerprint density at radius 1 is 1.18 bits per heavy atom. The standard InChI is InChI=1S/C25H23ClN3O3Si/c26-21-11-20-19-7-6-16(13-27)9-18(19)14-32-23(20)10-17(21)12-25(33,15-28)29-24(30)22-5-3-1-2-4-8-31-22/h6-7,9-11,22H,1-5,8,12,14H2,(H,29,30)/t22-,25?/m0/s1. The van der Waals surface area contributed by atoms with Crippen LogP contribution in [0.4, 0.5) is 0 Å². The summed E-state index contributed by atoms with van der Waals surface area (Å²) in [5.41, 5.74) is 3.96. The van der Waals surface area contributed by atoms with Gasteiger partial charge in [-0.3, -0.25) is 4.79 Å². The van der Waals surface area contributed by atoms with Crippen LogP contribution in [0.15, 0.2) is 30.3 Å². The third-order valence-electron chi connectivity index (χ3n) is 6.01. The number of hydrogen-bond acceptors (Lipinski definition) is 5. The van der Waals surface area contributed by atoms with Gasteiger partial charge in [-0.05, 0) is 53.8 Å². The molecular formula is C25H23ClN3O3Si. The van der Waals surface area contributed by atoms with Gasteiger partial charge in [0.25, 0.3) is 0 Å². The van der Waals surface area contributed by atoms with Gasteiger partial charge in [0, 0.05) is 23.6 Å². The third kappa shape index (κ3) is 5.22. The van der Waals surface area contributed by atoms with E-state index in [1.807, 2.05) is 18.2 Å². The van der Waals surface area contributed by atoms with Crippen LogP contribution in [-0.4, -0.2) is 34.0 Å². The number of nitrogens with zero attached hydrogens (tertiary/aromatic N) is 2. The van der Waals surface area contributed by atoms with Crippen LogP contribution in [0.2, 0.25) is 5.02 Å². The monoisotopic (exact) mass is 476 g/mol. The summed E-state index contributed by atoms with van der Waals surface area (Å²) in [7, 11) is 3.48. The number of rotatable bonds is 4. The molecule has 0 bridgehead atoms. The van der Waals surface area contributed by atoms with E-state index in [4.69, 9.17) is 26.3 Å². The molecule has 1 fully saturated rings. The molecule has 1 saturated heterocycles. The molecule has 2 aromatic rings. The zero-order chi connectivity index (χ0) is 23.4. The Labute approximate surface area is 201 Å². The fraction of sp³-hybridized carbons (Fsp3) is 0.400. The predicted octanol–water partition coefficient (Wildman–Crippen LogP) is 4.17. The molecule has 2 aromatic carbocycles. The van der Waals surface area contributed by atoms with Gasteiger partial charge in [-0.25, -0.2) is 0 Å². The van der Waals surface area contributed by atoms with E-state index < -0.39 is 11.3 Å². The number of halogens is 1. The summed E-state index contributed by atoms with van der Waals surface area (Å²) in [5.74, 6) is 0.342. The molecule has 2 atom stereocenters. The SMILES string of the molecule is N#Cc1ccc2c(c1)COc1cc(CC([Si])(C#N)NC(=O)[C@@H]3CCCCCCO3)c(Cl)cc1-2. The van der Waals surface area contributed by atoms with Gasteiger partial charge in [0.1, 0.15) is 23.6 Å². The Bertz CT molecular complexity index is 1150. The molecule has 2 heterocycles. The van der Waals surface area contributed by atoms with Crippen LogP contribution in [0.5, 0.6) is 5.75 Å². The zero-order valence-electron chi connectivity index (χ0n) is 18.1. The highest BCUT2D eigenvalue weighted by Crippen LogP contribution is 2.41. The lowest BCUT2D eigenvalue weighted by Crippen LogP contribution is -2.53. The van der Waals surface area contributed by atoms with Gasteiger partial charge in [0.15, 0.2) is 0 Å². The van der Waals surface area contributed by atoms with Crippen LogP contribution in [0.3, 0.4) is 0 Å². The molecule has 2 aliphatic rings. The molecule has 4 rings (SSSR count). The molecule has 2 aliphatic heterocycles. The van der Waals surface area contributed by atoms with Gasteiger partial charge in [-0.1, -0.05) is 36.9 Å². The van der Waals surface area contributed by atoms with Crippen molar-refractivity contribution in [3.05, 3.63) is 52.0 Å². The summed E-state index contributed by atoms with van der Waals surface area (Å²) >= 11 is 6.60. The normalized spacial score (nSPS) is 19.2. The van der Waals surface area contributed by atoms with Crippen LogP contribution in [-0.2, 0) is 22.6 Å². The maximum atomic E-state index is 12.8. The first kappa shape index (κ1) is 23.3. The number of nitrogens with one attached hydrogen (secondary N) is 1. The van der Waals surface area contributed by atoms with E-state index in [2.05, 4.69) is 27.7 Å². The fourth-order valence-corrected chi connectivity index (χ4v) is 4.80. The minimum absolute atomic E-state index is 0.147. The highest BCUT2D eigenvalue weighted by atomic mass is 35.5. The molecule has 33 heavy (non-hydrogen) atoms. The average molecular weight is 477 g/mol. The summed E-state index contributed by atoms with van der Waals surface area (Å²) in [6.07, 6.45) is 4.27. The molecule has 0 aliphatic carbocycles. The Kier molecular flexibility index (Phi) is 7.04. The Hall–Kier alpha value is -2.84. The van der Waals surface area contributed by atoms with Crippen molar-refractivity contribution in [3.8, 4) is 29.0 Å². The van der Waals surface area contributed by atoms with Crippen molar-refractivity contribution in [2.75, 3.05) is 6.61 Å². The molecule has 0 spiro atoms.